The molecule has 0 aliphatic rings. The van der Waals surface area contributed by atoms with E-state index in [1.807, 2.05) is 6.92 Å². The van der Waals surface area contributed by atoms with Crippen molar-refractivity contribution in [1.82, 2.24) is 9.97 Å². The molecule has 0 saturated heterocycles. The molecular formula is C10H11BrN4S. The van der Waals surface area contributed by atoms with Crippen molar-refractivity contribution < 1.29 is 0 Å². The molecule has 0 atom stereocenters. The van der Waals surface area contributed by atoms with Gasteiger partial charge in [-0.05, 0) is 28.9 Å². The molecule has 0 unspecified atom stereocenters. The van der Waals surface area contributed by atoms with Gasteiger partial charge in [0.05, 0.1) is 6.54 Å². The van der Waals surface area contributed by atoms with E-state index in [1.54, 1.807) is 17.4 Å². The largest absolute Gasteiger partial charge is 0.384 e. The zero-order valence-corrected chi connectivity index (χ0v) is 11.1. The average molecular weight is 299 g/mol. The second kappa shape index (κ2) is 4.80. The number of nitrogen functional groups attached to an aromatic ring is 1. The van der Waals surface area contributed by atoms with Gasteiger partial charge in [0.25, 0.3) is 0 Å². The molecule has 6 heteroatoms. The van der Waals surface area contributed by atoms with Crippen LogP contribution in [0.15, 0.2) is 22.0 Å². The summed E-state index contributed by atoms with van der Waals surface area (Å²) in [7, 11) is 0. The highest BCUT2D eigenvalue weighted by molar-refractivity contribution is 9.10. The SMILES string of the molecule is Cc1nc(N)cc(NCc2cc(Br)cs2)n1. The fraction of sp³-hybridized carbons (Fsp3) is 0.200. The average Bonchev–Trinajstić information content (AvgIpc) is 2.60. The van der Waals surface area contributed by atoms with Gasteiger partial charge in [0.2, 0.25) is 0 Å². The fourth-order valence-electron chi connectivity index (χ4n) is 1.31. The maximum Gasteiger partial charge on any atom is 0.132 e. The van der Waals surface area contributed by atoms with Gasteiger partial charge in [0.1, 0.15) is 17.5 Å². The Morgan fingerprint density at radius 3 is 2.88 bits per heavy atom. The zero-order valence-electron chi connectivity index (χ0n) is 8.70. The highest BCUT2D eigenvalue weighted by Gasteiger charge is 2.01. The highest BCUT2D eigenvalue weighted by atomic mass is 79.9. The van der Waals surface area contributed by atoms with E-state index in [9.17, 15) is 0 Å². The molecule has 0 aromatic carbocycles. The molecule has 0 saturated carbocycles. The first-order valence-electron chi connectivity index (χ1n) is 4.71. The van der Waals surface area contributed by atoms with Gasteiger partial charge in [-0.3, -0.25) is 0 Å². The molecule has 4 nitrogen and oxygen atoms in total. The second-order valence-electron chi connectivity index (χ2n) is 3.31. The number of hydrogen-bond donors (Lipinski definition) is 2. The van der Waals surface area contributed by atoms with Crippen LogP contribution < -0.4 is 11.1 Å². The van der Waals surface area contributed by atoms with E-state index in [2.05, 4.69) is 42.7 Å². The first-order chi connectivity index (χ1) is 7.63. The quantitative estimate of drug-likeness (QED) is 0.914. The van der Waals surface area contributed by atoms with Crippen molar-refractivity contribution in [3.63, 3.8) is 0 Å². The van der Waals surface area contributed by atoms with Gasteiger partial charge in [-0.2, -0.15) is 0 Å². The standard InChI is InChI=1S/C10H11BrN4S/c1-6-14-9(12)3-10(15-6)13-4-8-2-7(11)5-16-8/h2-3,5H,4H2,1H3,(H3,12,13,14,15). The van der Waals surface area contributed by atoms with E-state index in [0.29, 0.717) is 11.6 Å². The predicted octanol–water partition coefficient (Wildman–Crippen LogP) is 2.80. The molecule has 3 N–H and O–H groups in total. The lowest BCUT2D eigenvalue weighted by molar-refractivity contribution is 1.04. The Kier molecular flexibility index (Phi) is 3.40. The van der Waals surface area contributed by atoms with Crippen LogP contribution in [0.5, 0.6) is 0 Å². The lowest BCUT2D eigenvalue weighted by Crippen LogP contribution is -2.03. The molecule has 84 valence electrons. The second-order valence-corrected chi connectivity index (χ2v) is 5.22. The van der Waals surface area contributed by atoms with Crippen LogP contribution in [0.2, 0.25) is 0 Å². The van der Waals surface area contributed by atoms with Crippen LogP contribution in [-0.4, -0.2) is 9.97 Å². The minimum atomic E-state index is 0.488. The van der Waals surface area contributed by atoms with Gasteiger partial charge in [0, 0.05) is 20.8 Å². The molecule has 16 heavy (non-hydrogen) atoms. The molecule has 0 fully saturated rings. The van der Waals surface area contributed by atoms with Crippen molar-refractivity contribution in [3.05, 3.63) is 32.7 Å². The van der Waals surface area contributed by atoms with E-state index in [-0.39, 0.29) is 0 Å². The molecule has 0 spiro atoms. The molecule has 0 amide bonds. The van der Waals surface area contributed by atoms with E-state index >= 15 is 0 Å². The Labute approximate surface area is 106 Å². The summed E-state index contributed by atoms with van der Waals surface area (Å²) < 4.78 is 1.10. The van der Waals surface area contributed by atoms with E-state index in [0.717, 1.165) is 16.8 Å². The van der Waals surface area contributed by atoms with Crippen LogP contribution in [-0.2, 0) is 6.54 Å². The summed E-state index contributed by atoms with van der Waals surface area (Å²) in [6.07, 6.45) is 0. The van der Waals surface area contributed by atoms with Gasteiger partial charge in [-0.25, -0.2) is 9.97 Å². The first-order valence-corrected chi connectivity index (χ1v) is 6.39. The summed E-state index contributed by atoms with van der Waals surface area (Å²) in [5.41, 5.74) is 5.64. The summed E-state index contributed by atoms with van der Waals surface area (Å²) in [6.45, 7) is 2.56. The Morgan fingerprint density at radius 1 is 1.44 bits per heavy atom. The molecule has 0 bridgehead atoms. The molecule has 2 heterocycles. The Morgan fingerprint density at radius 2 is 2.25 bits per heavy atom. The van der Waals surface area contributed by atoms with E-state index in [4.69, 9.17) is 5.73 Å². The van der Waals surface area contributed by atoms with Gasteiger partial charge in [0.15, 0.2) is 0 Å². The van der Waals surface area contributed by atoms with Gasteiger partial charge in [-0.15, -0.1) is 11.3 Å². The number of nitrogens with one attached hydrogen (secondary N) is 1. The third-order valence-corrected chi connectivity index (χ3v) is 3.62. The number of rotatable bonds is 3. The van der Waals surface area contributed by atoms with Crippen LogP contribution in [0.1, 0.15) is 10.7 Å². The lowest BCUT2D eigenvalue weighted by atomic mass is 10.4. The number of nitrogens with zero attached hydrogens (tertiary/aromatic N) is 2. The predicted molar refractivity (Wildman–Crippen MR) is 70.5 cm³/mol. The molecule has 0 radical (unpaired) electrons. The highest BCUT2D eigenvalue weighted by Crippen LogP contribution is 2.20. The number of aromatic nitrogens is 2. The third-order valence-electron chi connectivity index (χ3n) is 1.92. The number of thiophene rings is 1. The minimum absolute atomic E-state index is 0.488. The molecule has 0 aliphatic carbocycles. The Hall–Kier alpha value is -1.14. The fourth-order valence-corrected chi connectivity index (χ4v) is 2.70. The third kappa shape index (κ3) is 2.93. The Bertz CT molecular complexity index is 477. The summed E-state index contributed by atoms with van der Waals surface area (Å²) in [5, 5.41) is 5.27. The van der Waals surface area contributed by atoms with Crippen LogP contribution in [0.25, 0.3) is 0 Å². The zero-order chi connectivity index (χ0) is 11.5. The first kappa shape index (κ1) is 11.3. The van der Waals surface area contributed by atoms with E-state index in [1.165, 1.54) is 4.88 Å². The number of hydrogen-bond acceptors (Lipinski definition) is 5. The van der Waals surface area contributed by atoms with Gasteiger partial charge < -0.3 is 11.1 Å². The van der Waals surface area contributed by atoms with Gasteiger partial charge in [-0.1, -0.05) is 0 Å². The molecule has 2 aromatic heterocycles. The number of anilines is 2. The number of aryl methyl sites for hydroxylation is 1. The summed E-state index contributed by atoms with van der Waals surface area (Å²) in [6, 6.07) is 3.81. The van der Waals surface area contributed by atoms with Crippen molar-refractivity contribution in [2.24, 2.45) is 0 Å². The summed E-state index contributed by atoms with van der Waals surface area (Å²) >= 11 is 5.11. The monoisotopic (exact) mass is 298 g/mol. The summed E-state index contributed by atoms with van der Waals surface area (Å²) in [4.78, 5) is 9.50. The Balaban J connectivity index is 2.04. The molecule has 2 aromatic rings. The summed E-state index contributed by atoms with van der Waals surface area (Å²) in [5.74, 6) is 1.92. The van der Waals surface area contributed by atoms with Crippen LogP contribution in [0.3, 0.4) is 0 Å². The van der Waals surface area contributed by atoms with E-state index < -0.39 is 0 Å². The van der Waals surface area contributed by atoms with Crippen molar-refractivity contribution in [2.75, 3.05) is 11.1 Å². The normalized spacial score (nSPS) is 10.4. The number of nitrogens with two attached hydrogens (primary N) is 1. The van der Waals surface area contributed by atoms with Crippen molar-refractivity contribution in [3.8, 4) is 0 Å². The van der Waals surface area contributed by atoms with Gasteiger partial charge >= 0.3 is 0 Å². The maximum atomic E-state index is 5.64. The van der Waals surface area contributed by atoms with Crippen molar-refractivity contribution in [2.45, 2.75) is 13.5 Å². The molecule has 0 aliphatic heterocycles. The van der Waals surface area contributed by atoms with Crippen LogP contribution in [0.4, 0.5) is 11.6 Å². The number of halogens is 1. The smallest absolute Gasteiger partial charge is 0.132 e. The lowest BCUT2D eigenvalue weighted by Gasteiger charge is -2.05. The topological polar surface area (TPSA) is 63.8 Å². The van der Waals surface area contributed by atoms with Crippen molar-refractivity contribution >= 4 is 38.9 Å². The van der Waals surface area contributed by atoms with Crippen LogP contribution >= 0.6 is 27.3 Å². The minimum Gasteiger partial charge on any atom is -0.384 e. The van der Waals surface area contributed by atoms with Crippen molar-refractivity contribution in [1.29, 1.82) is 0 Å². The molecule has 2 rings (SSSR count). The molecular weight excluding hydrogens is 288 g/mol. The maximum absolute atomic E-state index is 5.64. The van der Waals surface area contributed by atoms with Crippen LogP contribution in [0, 0.1) is 6.92 Å².